The second-order valence-electron chi connectivity index (χ2n) is 10.1. The van der Waals surface area contributed by atoms with Gasteiger partial charge in [0.05, 0.1) is 12.4 Å². The number of nitrogens with one attached hydrogen (secondary N) is 2. The highest BCUT2D eigenvalue weighted by Gasteiger charge is 2.31. The summed E-state index contributed by atoms with van der Waals surface area (Å²) in [6.45, 7) is 1.96. The number of hydrogen-bond acceptors (Lipinski definition) is 5. The molecule has 0 saturated heterocycles. The summed E-state index contributed by atoms with van der Waals surface area (Å²) >= 11 is 0. The molecule has 2 N–H and O–H groups in total. The molecule has 2 aliphatic rings. The maximum Gasteiger partial charge on any atom is 0.328 e. The lowest BCUT2D eigenvalue weighted by molar-refractivity contribution is -0.122. The summed E-state index contributed by atoms with van der Waals surface area (Å²) in [5.41, 5.74) is 2.39. The Morgan fingerprint density at radius 3 is 2.51 bits per heavy atom. The highest BCUT2D eigenvalue weighted by Crippen LogP contribution is 2.32. The van der Waals surface area contributed by atoms with Crippen molar-refractivity contribution in [1.82, 2.24) is 14.3 Å². The molecule has 1 aliphatic heterocycles. The fraction of sp³-hybridized carbons (Fsp3) is 0.200. The monoisotopic (exact) mass is 557 g/mol. The number of carbonyl (C=O) groups excluding carboxylic acids is 3. The van der Waals surface area contributed by atoms with Crippen LogP contribution in [0.3, 0.4) is 0 Å². The number of benzene rings is 2. The van der Waals surface area contributed by atoms with Gasteiger partial charge in [0.1, 0.15) is 17.2 Å². The Kier molecular flexibility index (Phi) is 6.70. The van der Waals surface area contributed by atoms with E-state index in [0.29, 0.717) is 34.8 Å². The van der Waals surface area contributed by atoms with Crippen molar-refractivity contribution in [2.75, 3.05) is 17.2 Å². The normalized spacial score (nSPS) is 15.3. The molecule has 0 atom stereocenters. The van der Waals surface area contributed by atoms with Crippen LogP contribution in [0.5, 0.6) is 11.5 Å². The van der Waals surface area contributed by atoms with Gasteiger partial charge >= 0.3 is 6.03 Å². The predicted octanol–water partition coefficient (Wildman–Crippen LogP) is 5.99. The minimum atomic E-state index is -0.723. The van der Waals surface area contributed by atoms with Gasteiger partial charge in [-0.2, -0.15) is 0 Å². The molecular formula is C30H25F2N5O4. The van der Waals surface area contributed by atoms with Crippen molar-refractivity contribution in [3.05, 3.63) is 89.8 Å². The molecule has 4 aromatic rings. The number of anilines is 2. The van der Waals surface area contributed by atoms with E-state index >= 15 is 0 Å². The highest BCUT2D eigenvalue weighted by atomic mass is 19.1. The maximum absolute atomic E-state index is 15.0. The average molecular weight is 558 g/mol. The van der Waals surface area contributed by atoms with Crippen LogP contribution < -0.4 is 15.4 Å². The minimum absolute atomic E-state index is 0.0507. The van der Waals surface area contributed by atoms with Gasteiger partial charge in [-0.3, -0.25) is 14.5 Å². The Balaban J connectivity index is 1.12. The van der Waals surface area contributed by atoms with Gasteiger partial charge in [0.15, 0.2) is 17.4 Å². The van der Waals surface area contributed by atoms with Crippen molar-refractivity contribution in [3.8, 4) is 11.5 Å². The summed E-state index contributed by atoms with van der Waals surface area (Å²) in [5.74, 6) is -0.978. The number of halogens is 2. The number of imide groups is 1. The first-order valence-corrected chi connectivity index (χ1v) is 13.1. The predicted molar refractivity (Wildman–Crippen MR) is 147 cm³/mol. The van der Waals surface area contributed by atoms with E-state index in [2.05, 4.69) is 15.6 Å². The Hall–Kier alpha value is -5.06. The zero-order chi connectivity index (χ0) is 28.7. The van der Waals surface area contributed by atoms with Crippen LogP contribution in [0.2, 0.25) is 0 Å². The topological polar surface area (TPSA) is 105 Å². The van der Waals surface area contributed by atoms with E-state index in [1.54, 1.807) is 35.9 Å². The molecule has 0 spiro atoms. The van der Waals surface area contributed by atoms with E-state index in [4.69, 9.17) is 4.74 Å². The minimum Gasteiger partial charge on any atom is -0.453 e. The first-order chi connectivity index (χ1) is 19.7. The number of amides is 4. The largest absolute Gasteiger partial charge is 0.453 e. The first kappa shape index (κ1) is 26.2. The molecule has 208 valence electrons. The van der Waals surface area contributed by atoms with E-state index in [1.165, 1.54) is 36.4 Å². The Morgan fingerprint density at radius 2 is 1.78 bits per heavy atom. The van der Waals surface area contributed by atoms with Crippen molar-refractivity contribution in [2.24, 2.45) is 5.92 Å². The van der Waals surface area contributed by atoms with Crippen LogP contribution in [0.1, 0.15) is 31.7 Å². The van der Waals surface area contributed by atoms with Crippen molar-refractivity contribution < 1.29 is 27.9 Å². The highest BCUT2D eigenvalue weighted by molar-refractivity contribution is 6.25. The van der Waals surface area contributed by atoms with Gasteiger partial charge in [0.25, 0.3) is 5.91 Å². The molecule has 0 radical (unpaired) electrons. The molecule has 0 bridgehead atoms. The molecule has 11 heteroatoms. The number of nitrogens with zero attached hydrogens (tertiary/aromatic N) is 3. The van der Waals surface area contributed by atoms with Gasteiger partial charge in [0, 0.05) is 29.8 Å². The van der Waals surface area contributed by atoms with Gasteiger partial charge in [-0.05, 0) is 68.1 Å². The fourth-order valence-electron chi connectivity index (χ4n) is 4.65. The van der Waals surface area contributed by atoms with Crippen molar-refractivity contribution in [1.29, 1.82) is 0 Å². The summed E-state index contributed by atoms with van der Waals surface area (Å²) in [6, 6.07) is 12.1. The zero-order valence-electron chi connectivity index (χ0n) is 22.0. The van der Waals surface area contributed by atoms with E-state index in [0.717, 1.165) is 29.4 Å². The smallest absolute Gasteiger partial charge is 0.328 e. The molecule has 41 heavy (non-hydrogen) atoms. The fourth-order valence-corrected chi connectivity index (χ4v) is 4.65. The molecule has 2 aromatic heterocycles. The standard InChI is InChI=1S/C30H25F2N5O4/c1-17-12-13-37(29(39)27(17)18-4-6-20(31)7-5-18)30(40)33-21-8-10-24(23(32)14-21)41-22-9-11-26-34-25(16-36(26)15-22)35-28(38)19-2-3-19/h4-11,14-16,19H,2-3,12-13H2,1H3,(H,33,40)(H,35,38). The lowest BCUT2D eigenvalue weighted by Crippen LogP contribution is -2.43. The number of pyridine rings is 1. The summed E-state index contributed by atoms with van der Waals surface area (Å²) < 4.78 is 35.7. The van der Waals surface area contributed by atoms with Crippen molar-refractivity contribution in [3.63, 3.8) is 0 Å². The number of hydrogen-bond donors (Lipinski definition) is 2. The quantitative estimate of drug-likeness (QED) is 0.303. The third kappa shape index (κ3) is 5.51. The first-order valence-electron chi connectivity index (χ1n) is 13.1. The lowest BCUT2D eigenvalue weighted by atomic mass is 9.94. The van der Waals surface area contributed by atoms with E-state index in [-0.39, 0.29) is 29.8 Å². The third-order valence-electron chi connectivity index (χ3n) is 7.01. The van der Waals surface area contributed by atoms with Crippen LogP contribution in [0.4, 0.5) is 25.1 Å². The molecule has 2 aromatic carbocycles. The Bertz CT molecular complexity index is 1730. The van der Waals surface area contributed by atoms with E-state index in [1.807, 2.05) is 0 Å². The summed E-state index contributed by atoms with van der Waals surface area (Å²) in [6.07, 6.45) is 5.49. The summed E-state index contributed by atoms with van der Waals surface area (Å²) in [7, 11) is 0. The number of rotatable bonds is 6. The van der Waals surface area contributed by atoms with Gasteiger partial charge in [-0.1, -0.05) is 17.7 Å². The molecule has 1 aliphatic carbocycles. The van der Waals surface area contributed by atoms with Crippen molar-refractivity contribution in [2.45, 2.75) is 26.2 Å². The van der Waals surface area contributed by atoms with Crippen LogP contribution >= 0.6 is 0 Å². The van der Waals surface area contributed by atoms with Crippen molar-refractivity contribution >= 4 is 40.6 Å². The van der Waals surface area contributed by atoms with Crippen LogP contribution in [0.15, 0.2) is 72.6 Å². The summed E-state index contributed by atoms with van der Waals surface area (Å²) in [5, 5.41) is 5.35. The van der Waals surface area contributed by atoms with Gasteiger partial charge in [-0.15, -0.1) is 0 Å². The SMILES string of the molecule is CC1=C(c2ccc(F)cc2)C(=O)N(C(=O)Nc2ccc(Oc3ccc4nc(NC(=O)C5CC5)cn4c3)c(F)c2)CC1. The number of aromatic nitrogens is 2. The van der Waals surface area contributed by atoms with Crippen LogP contribution in [-0.2, 0) is 9.59 Å². The van der Waals surface area contributed by atoms with Gasteiger partial charge in [-0.25, -0.2) is 18.6 Å². The number of ether oxygens (including phenoxy) is 1. The van der Waals surface area contributed by atoms with Crippen LogP contribution in [0.25, 0.3) is 11.2 Å². The lowest BCUT2D eigenvalue weighted by Gasteiger charge is -2.28. The van der Waals surface area contributed by atoms with Gasteiger partial charge < -0.3 is 19.8 Å². The maximum atomic E-state index is 15.0. The van der Waals surface area contributed by atoms with Gasteiger partial charge in [0.2, 0.25) is 5.91 Å². The number of carbonyl (C=O) groups is 3. The average Bonchev–Trinajstić information content (AvgIpc) is 3.72. The van der Waals surface area contributed by atoms with E-state index < -0.39 is 23.6 Å². The third-order valence-corrected chi connectivity index (χ3v) is 7.01. The van der Waals surface area contributed by atoms with Crippen LogP contribution in [-0.4, -0.2) is 38.7 Å². The molecule has 1 saturated carbocycles. The summed E-state index contributed by atoms with van der Waals surface area (Å²) in [4.78, 5) is 43.5. The van der Waals surface area contributed by atoms with E-state index in [9.17, 15) is 23.2 Å². The second kappa shape index (κ2) is 10.5. The molecule has 0 unspecified atom stereocenters. The molecule has 1 fully saturated rings. The molecular weight excluding hydrogens is 532 g/mol. The number of urea groups is 1. The molecule has 4 amide bonds. The molecule has 3 heterocycles. The van der Waals surface area contributed by atoms with Crippen LogP contribution in [0, 0.1) is 17.6 Å². The molecule has 6 rings (SSSR count). The number of fused-ring (bicyclic) bond motifs is 1. The Morgan fingerprint density at radius 1 is 1.00 bits per heavy atom. The second-order valence-corrected chi connectivity index (χ2v) is 10.1. The molecule has 9 nitrogen and oxygen atoms in total. The zero-order valence-corrected chi connectivity index (χ0v) is 22.0. The Labute approximate surface area is 233 Å². The number of imidazole rings is 1.